The van der Waals surface area contributed by atoms with Crippen molar-refractivity contribution in [3.8, 4) is 0 Å². The van der Waals surface area contributed by atoms with Gasteiger partial charge in [0.25, 0.3) is 0 Å². The highest BCUT2D eigenvalue weighted by atomic mass is 16.1. The molecule has 3 fully saturated rings. The van der Waals surface area contributed by atoms with Crippen LogP contribution in [0.25, 0.3) is 0 Å². The molecule has 0 heterocycles. The predicted molar refractivity (Wildman–Crippen MR) is 85.9 cm³/mol. The number of hydrogen-bond acceptors (Lipinski definition) is 1. The molecule has 4 aliphatic rings. The molecule has 1 nitrogen and oxygen atoms in total. The summed E-state index contributed by atoms with van der Waals surface area (Å²) in [6.45, 7) is 9.47. The Kier molecular flexibility index (Phi) is 2.85. The average molecular weight is 284 g/mol. The van der Waals surface area contributed by atoms with E-state index >= 15 is 0 Å². The molecule has 0 aromatic heterocycles. The van der Waals surface area contributed by atoms with E-state index in [1.165, 1.54) is 43.3 Å². The Balaban J connectivity index is 1.76. The molecule has 4 rings (SSSR count). The van der Waals surface area contributed by atoms with Crippen LogP contribution in [-0.4, -0.2) is 5.78 Å². The van der Waals surface area contributed by atoms with Crippen LogP contribution in [0.15, 0.2) is 23.8 Å². The van der Waals surface area contributed by atoms with E-state index in [1.807, 2.05) is 6.08 Å². The molecule has 0 aliphatic heterocycles. The third-order valence-electron chi connectivity index (χ3n) is 7.72. The fourth-order valence-corrected chi connectivity index (χ4v) is 6.43. The van der Waals surface area contributed by atoms with Crippen LogP contribution < -0.4 is 0 Å². The molecular weight excluding hydrogens is 256 g/mol. The van der Waals surface area contributed by atoms with Crippen LogP contribution in [0.2, 0.25) is 0 Å². The number of allylic oxidation sites excluding steroid dienone is 2. The van der Waals surface area contributed by atoms with Gasteiger partial charge in [0.2, 0.25) is 0 Å². The van der Waals surface area contributed by atoms with Crippen molar-refractivity contribution < 1.29 is 4.79 Å². The molecule has 21 heavy (non-hydrogen) atoms. The van der Waals surface area contributed by atoms with Crippen molar-refractivity contribution in [2.45, 2.75) is 65.2 Å². The highest BCUT2D eigenvalue weighted by Gasteiger charge is 2.57. The molecule has 1 heteroatoms. The van der Waals surface area contributed by atoms with Crippen LogP contribution >= 0.6 is 0 Å². The molecule has 0 aromatic carbocycles. The Hall–Kier alpha value is -0.850. The smallest absolute Gasteiger partial charge is 0.155 e. The molecule has 0 N–H and O–H groups in total. The van der Waals surface area contributed by atoms with E-state index in [9.17, 15) is 4.79 Å². The highest BCUT2D eigenvalue weighted by molar-refractivity contribution is 5.91. The maximum atomic E-state index is 11.9. The number of ketones is 1. The number of rotatable bonds is 0. The zero-order valence-corrected chi connectivity index (χ0v) is 13.6. The zero-order valence-electron chi connectivity index (χ0n) is 13.6. The lowest BCUT2D eigenvalue weighted by Gasteiger charge is -2.58. The number of carbonyl (C=O) groups is 1. The first-order valence-corrected chi connectivity index (χ1v) is 8.86. The molecule has 0 bridgehead atoms. The molecule has 5 atom stereocenters. The molecule has 114 valence electrons. The first-order valence-electron chi connectivity index (χ1n) is 8.86. The largest absolute Gasteiger partial charge is 0.295 e. The Morgan fingerprint density at radius 1 is 1.14 bits per heavy atom. The quantitative estimate of drug-likeness (QED) is 0.567. The summed E-state index contributed by atoms with van der Waals surface area (Å²) in [5.74, 6) is 2.67. The molecule has 3 saturated carbocycles. The van der Waals surface area contributed by atoms with E-state index in [0.29, 0.717) is 11.2 Å². The van der Waals surface area contributed by atoms with E-state index in [4.69, 9.17) is 0 Å². The van der Waals surface area contributed by atoms with Gasteiger partial charge in [0.05, 0.1) is 0 Å². The van der Waals surface area contributed by atoms with Crippen molar-refractivity contribution in [1.82, 2.24) is 0 Å². The minimum absolute atomic E-state index is 0.281. The van der Waals surface area contributed by atoms with E-state index < -0.39 is 0 Å². The SMILES string of the molecule is C=C1CC2=CC(=O)CC[C@]2(C)[C@H]2CC[C@]3(C)CCC[C@H]3[C@H]12. The van der Waals surface area contributed by atoms with E-state index in [-0.39, 0.29) is 5.41 Å². The van der Waals surface area contributed by atoms with Gasteiger partial charge in [0.15, 0.2) is 5.78 Å². The minimum atomic E-state index is 0.281. The summed E-state index contributed by atoms with van der Waals surface area (Å²) in [4.78, 5) is 11.9. The third-order valence-corrected chi connectivity index (χ3v) is 7.72. The van der Waals surface area contributed by atoms with Gasteiger partial charge in [-0.05, 0) is 73.2 Å². The summed E-state index contributed by atoms with van der Waals surface area (Å²) in [5.41, 5.74) is 3.71. The van der Waals surface area contributed by atoms with E-state index in [2.05, 4.69) is 20.4 Å². The number of fused-ring (bicyclic) bond motifs is 5. The topological polar surface area (TPSA) is 17.1 Å². The van der Waals surface area contributed by atoms with Crippen molar-refractivity contribution in [1.29, 1.82) is 0 Å². The summed E-state index contributed by atoms with van der Waals surface area (Å²) in [6, 6.07) is 0. The van der Waals surface area contributed by atoms with Crippen LogP contribution in [0.4, 0.5) is 0 Å². The van der Waals surface area contributed by atoms with Gasteiger partial charge in [-0.25, -0.2) is 0 Å². The standard InChI is InChI=1S/C20H28O/c1-13-11-14-12-15(21)6-10-20(14,3)17-7-9-19(2)8-4-5-16(19)18(13)17/h12,16-18H,1,4-11H2,2-3H3/t16-,17-,18-,19-,20-/m0/s1. The van der Waals surface area contributed by atoms with E-state index in [1.54, 1.807) is 0 Å². The molecule has 0 unspecified atom stereocenters. The second kappa shape index (κ2) is 4.33. The first-order chi connectivity index (χ1) is 9.94. The zero-order chi connectivity index (χ0) is 14.8. The first kappa shape index (κ1) is 13.8. The molecule has 0 saturated heterocycles. The van der Waals surface area contributed by atoms with Gasteiger partial charge in [-0.2, -0.15) is 0 Å². The molecule has 0 aromatic rings. The Bertz CT molecular complexity index is 542. The Labute approximate surface area is 128 Å². The second-order valence-electron chi connectivity index (χ2n) is 8.71. The second-order valence-corrected chi connectivity index (χ2v) is 8.71. The summed E-state index contributed by atoms with van der Waals surface area (Å²) < 4.78 is 0. The number of carbonyl (C=O) groups excluding carboxylic acids is 1. The summed E-state index contributed by atoms with van der Waals surface area (Å²) in [6.07, 6.45) is 11.8. The van der Waals surface area contributed by atoms with Crippen LogP contribution in [0.1, 0.15) is 65.2 Å². The van der Waals surface area contributed by atoms with Gasteiger partial charge < -0.3 is 0 Å². The van der Waals surface area contributed by atoms with Gasteiger partial charge in [0.1, 0.15) is 0 Å². The van der Waals surface area contributed by atoms with Crippen molar-refractivity contribution in [2.75, 3.05) is 0 Å². The molecule has 0 spiro atoms. The highest BCUT2D eigenvalue weighted by Crippen LogP contribution is 2.66. The average Bonchev–Trinajstić information content (AvgIpc) is 2.82. The van der Waals surface area contributed by atoms with Crippen molar-refractivity contribution in [3.05, 3.63) is 23.8 Å². The maximum absolute atomic E-state index is 11.9. The van der Waals surface area contributed by atoms with Crippen molar-refractivity contribution in [3.63, 3.8) is 0 Å². The lowest BCUT2D eigenvalue weighted by Crippen LogP contribution is -2.50. The van der Waals surface area contributed by atoms with Crippen molar-refractivity contribution in [2.24, 2.45) is 28.6 Å². The Morgan fingerprint density at radius 3 is 2.76 bits per heavy atom. The van der Waals surface area contributed by atoms with Crippen LogP contribution in [-0.2, 0) is 4.79 Å². The minimum Gasteiger partial charge on any atom is -0.295 e. The van der Waals surface area contributed by atoms with Crippen molar-refractivity contribution >= 4 is 5.78 Å². The van der Waals surface area contributed by atoms with Crippen LogP contribution in [0.5, 0.6) is 0 Å². The monoisotopic (exact) mass is 284 g/mol. The third kappa shape index (κ3) is 1.79. The molecular formula is C20H28O. The summed E-state index contributed by atoms with van der Waals surface area (Å²) in [5, 5.41) is 0. The maximum Gasteiger partial charge on any atom is 0.155 e. The van der Waals surface area contributed by atoms with Gasteiger partial charge in [-0.15, -0.1) is 0 Å². The summed E-state index contributed by atoms with van der Waals surface area (Å²) >= 11 is 0. The molecule has 4 aliphatic carbocycles. The van der Waals surface area contributed by atoms with Crippen LogP contribution in [0.3, 0.4) is 0 Å². The fourth-order valence-electron chi connectivity index (χ4n) is 6.43. The van der Waals surface area contributed by atoms with Crippen LogP contribution in [0, 0.1) is 28.6 Å². The van der Waals surface area contributed by atoms with Gasteiger partial charge >= 0.3 is 0 Å². The fraction of sp³-hybridized carbons (Fsp3) is 0.750. The lowest BCUT2D eigenvalue weighted by atomic mass is 9.46. The van der Waals surface area contributed by atoms with E-state index in [0.717, 1.165) is 37.0 Å². The molecule has 0 radical (unpaired) electrons. The predicted octanol–water partition coefficient (Wildman–Crippen LogP) is 5.07. The molecule has 0 amide bonds. The lowest BCUT2D eigenvalue weighted by molar-refractivity contribution is -0.116. The summed E-state index contributed by atoms with van der Waals surface area (Å²) in [7, 11) is 0. The number of hydrogen-bond donors (Lipinski definition) is 0. The Morgan fingerprint density at radius 2 is 1.95 bits per heavy atom. The normalized spacial score (nSPS) is 49.2. The van der Waals surface area contributed by atoms with Gasteiger partial charge in [-0.3, -0.25) is 4.79 Å². The van der Waals surface area contributed by atoms with Gasteiger partial charge in [0, 0.05) is 6.42 Å². The van der Waals surface area contributed by atoms with Gasteiger partial charge in [-0.1, -0.05) is 38.0 Å².